The highest BCUT2D eigenvalue weighted by molar-refractivity contribution is 5.41. The largest absolute Gasteiger partial charge is 0.504 e. The van der Waals surface area contributed by atoms with E-state index in [0.717, 1.165) is 24.9 Å². The first-order chi connectivity index (χ1) is 12.6. The smallest absolute Gasteiger partial charge is 0.416 e. The molecule has 0 amide bonds. The lowest BCUT2D eigenvalue weighted by Gasteiger charge is -2.30. The molecule has 148 valence electrons. The van der Waals surface area contributed by atoms with Crippen LogP contribution in [0.2, 0.25) is 0 Å². The molecule has 1 aliphatic carbocycles. The van der Waals surface area contributed by atoms with Gasteiger partial charge in [0.2, 0.25) is 0 Å². The zero-order valence-corrected chi connectivity index (χ0v) is 15.9. The van der Waals surface area contributed by atoms with Crippen molar-refractivity contribution in [2.24, 2.45) is 11.3 Å². The number of benzene rings is 1. The van der Waals surface area contributed by atoms with Gasteiger partial charge in [-0.1, -0.05) is 31.2 Å². The van der Waals surface area contributed by atoms with Gasteiger partial charge in [-0.25, -0.2) is 0 Å². The minimum Gasteiger partial charge on any atom is -0.504 e. The van der Waals surface area contributed by atoms with Crippen molar-refractivity contribution in [2.75, 3.05) is 20.2 Å². The fraction of sp³-hybridized carbons (Fsp3) is 0.524. The number of nitrogens with zero attached hydrogens (tertiary/aromatic N) is 1. The van der Waals surface area contributed by atoms with Crippen molar-refractivity contribution in [1.29, 1.82) is 0 Å². The summed E-state index contributed by atoms with van der Waals surface area (Å²) in [5.41, 5.74) is 0.0562. The van der Waals surface area contributed by atoms with E-state index in [9.17, 15) is 18.3 Å². The highest BCUT2D eigenvalue weighted by Gasteiger charge is 2.46. The van der Waals surface area contributed by atoms with Crippen molar-refractivity contribution in [1.82, 2.24) is 4.90 Å². The van der Waals surface area contributed by atoms with E-state index in [1.807, 2.05) is 19.1 Å². The van der Waals surface area contributed by atoms with E-state index in [2.05, 4.69) is 11.8 Å². The fourth-order valence-electron chi connectivity index (χ4n) is 4.08. The lowest BCUT2D eigenvalue weighted by atomic mass is 9.75. The number of likely N-dealkylation sites (tertiary alicyclic amines) is 1. The first-order valence-electron chi connectivity index (χ1n) is 9.20. The van der Waals surface area contributed by atoms with Gasteiger partial charge in [0.25, 0.3) is 0 Å². The summed E-state index contributed by atoms with van der Waals surface area (Å²) in [7, 11) is 1.52. The molecular weight excluding hydrogens is 355 g/mol. The zero-order valence-electron chi connectivity index (χ0n) is 15.9. The number of allylic oxidation sites excluding steroid dienone is 2. The standard InChI is InChI=1S/C21H26F3NO2/c1-14(4-5-15-6-9-18(26)19(10-15)27-3)25-12-17-8-7-16(21(22,23)24)11-20(17,2)13-25/h6-11,14,17,26H,4-5,12-13H2,1-3H3/t14-,17?,20?/m1/s1. The number of phenolic OH excluding ortho intramolecular Hbond substituents is 1. The predicted octanol–water partition coefficient (Wildman–Crippen LogP) is 4.72. The highest BCUT2D eigenvalue weighted by Crippen LogP contribution is 2.45. The van der Waals surface area contributed by atoms with Crippen LogP contribution in [0.1, 0.15) is 25.8 Å². The van der Waals surface area contributed by atoms with Gasteiger partial charge in [-0.2, -0.15) is 13.2 Å². The molecule has 3 nitrogen and oxygen atoms in total. The molecule has 0 bridgehead atoms. The van der Waals surface area contributed by atoms with Crippen LogP contribution in [0.5, 0.6) is 11.5 Å². The van der Waals surface area contributed by atoms with Gasteiger partial charge in [-0.3, -0.25) is 4.90 Å². The van der Waals surface area contributed by atoms with Crippen LogP contribution in [-0.4, -0.2) is 42.4 Å². The molecule has 0 aromatic heterocycles. The molecule has 27 heavy (non-hydrogen) atoms. The summed E-state index contributed by atoms with van der Waals surface area (Å²) in [5.74, 6) is 0.680. The summed E-state index contributed by atoms with van der Waals surface area (Å²) < 4.78 is 44.3. The van der Waals surface area contributed by atoms with Crippen LogP contribution < -0.4 is 4.74 Å². The number of fused-ring (bicyclic) bond motifs is 1. The minimum atomic E-state index is -4.29. The van der Waals surface area contributed by atoms with E-state index in [1.165, 1.54) is 19.3 Å². The Balaban J connectivity index is 1.64. The molecule has 1 fully saturated rings. The molecule has 2 unspecified atom stereocenters. The second-order valence-corrected chi connectivity index (χ2v) is 7.89. The van der Waals surface area contributed by atoms with Crippen LogP contribution in [0.25, 0.3) is 0 Å². The molecule has 0 saturated carbocycles. The number of methoxy groups -OCH3 is 1. The van der Waals surface area contributed by atoms with E-state index in [1.54, 1.807) is 12.1 Å². The van der Waals surface area contributed by atoms with Crippen LogP contribution in [0.3, 0.4) is 0 Å². The Morgan fingerprint density at radius 1 is 1.37 bits per heavy atom. The van der Waals surface area contributed by atoms with Gasteiger partial charge in [-0.05, 0) is 43.4 Å². The van der Waals surface area contributed by atoms with Crippen molar-refractivity contribution in [3.8, 4) is 11.5 Å². The third-order valence-corrected chi connectivity index (χ3v) is 5.86. The van der Waals surface area contributed by atoms with Gasteiger partial charge in [0.1, 0.15) is 0 Å². The summed E-state index contributed by atoms with van der Waals surface area (Å²) in [6.45, 7) is 5.44. The molecule has 1 aromatic rings. The maximum Gasteiger partial charge on any atom is 0.416 e. The third-order valence-electron chi connectivity index (χ3n) is 5.86. The van der Waals surface area contributed by atoms with Gasteiger partial charge in [0, 0.05) is 24.5 Å². The van der Waals surface area contributed by atoms with Crippen LogP contribution >= 0.6 is 0 Å². The Bertz CT molecular complexity index is 756. The first-order valence-corrected chi connectivity index (χ1v) is 9.20. The molecule has 0 radical (unpaired) electrons. The Labute approximate surface area is 158 Å². The SMILES string of the molecule is COc1cc(CC[C@@H](C)N2CC3C=CC(C(F)(F)F)=CC3(C)C2)ccc1O. The summed E-state index contributed by atoms with van der Waals surface area (Å²) in [6.07, 6.45) is 1.77. The number of aromatic hydroxyl groups is 1. The fourth-order valence-corrected chi connectivity index (χ4v) is 4.08. The molecule has 3 rings (SSSR count). The molecule has 1 heterocycles. The molecule has 0 spiro atoms. The van der Waals surface area contributed by atoms with Crippen LogP contribution in [0, 0.1) is 11.3 Å². The first kappa shape index (κ1) is 19.8. The van der Waals surface area contributed by atoms with Crippen LogP contribution in [0.4, 0.5) is 13.2 Å². The number of rotatable bonds is 5. The third kappa shape index (κ3) is 4.15. The number of halogens is 3. The highest BCUT2D eigenvalue weighted by atomic mass is 19.4. The number of phenols is 1. The van der Waals surface area contributed by atoms with E-state index in [-0.39, 0.29) is 17.7 Å². The van der Waals surface area contributed by atoms with Gasteiger partial charge in [-0.15, -0.1) is 0 Å². The second kappa shape index (κ2) is 7.23. The Hall–Kier alpha value is -1.95. The van der Waals surface area contributed by atoms with Gasteiger partial charge >= 0.3 is 6.18 Å². The maximum atomic E-state index is 13.1. The van der Waals surface area contributed by atoms with Gasteiger partial charge < -0.3 is 9.84 Å². The molecule has 1 N–H and O–H groups in total. The summed E-state index contributed by atoms with van der Waals surface area (Å²) >= 11 is 0. The molecule has 1 aromatic carbocycles. The van der Waals surface area contributed by atoms with E-state index >= 15 is 0 Å². The lowest BCUT2D eigenvalue weighted by Crippen LogP contribution is -2.33. The molecule has 2 aliphatic rings. The van der Waals surface area contributed by atoms with Gasteiger partial charge in [0.15, 0.2) is 11.5 Å². The Kier molecular flexibility index (Phi) is 5.30. The van der Waals surface area contributed by atoms with Crippen molar-refractivity contribution in [2.45, 2.75) is 38.9 Å². The maximum absolute atomic E-state index is 13.1. The summed E-state index contributed by atoms with van der Waals surface area (Å²) in [6, 6.07) is 5.58. The Morgan fingerprint density at radius 3 is 2.78 bits per heavy atom. The molecule has 1 saturated heterocycles. The number of aryl methyl sites for hydroxylation is 1. The topological polar surface area (TPSA) is 32.7 Å². The normalized spacial score (nSPS) is 26.6. The van der Waals surface area contributed by atoms with Crippen molar-refractivity contribution >= 4 is 0 Å². The van der Waals surface area contributed by atoms with Gasteiger partial charge in [0.05, 0.1) is 12.7 Å². The average Bonchev–Trinajstić information content (AvgIpc) is 2.96. The van der Waals surface area contributed by atoms with Crippen molar-refractivity contribution in [3.05, 3.63) is 47.6 Å². The molecule has 6 heteroatoms. The molecule has 1 aliphatic heterocycles. The number of hydrogen-bond acceptors (Lipinski definition) is 3. The number of hydrogen-bond donors (Lipinski definition) is 1. The number of ether oxygens (including phenoxy) is 1. The second-order valence-electron chi connectivity index (χ2n) is 7.89. The zero-order chi connectivity index (χ0) is 19.8. The summed E-state index contributed by atoms with van der Waals surface area (Å²) in [5, 5.41) is 9.69. The van der Waals surface area contributed by atoms with Crippen molar-refractivity contribution in [3.63, 3.8) is 0 Å². The van der Waals surface area contributed by atoms with Crippen molar-refractivity contribution < 1.29 is 23.0 Å². The van der Waals surface area contributed by atoms with E-state index < -0.39 is 17.2 Å². The Morgan fingerprint density at radius 2 is 2.11 bits per heavy atom. The predicted molar refractivity (Wildman–Crippen MR) is 98.9 cm³/mol. The van der Waals surface area contributed by atoms with E-state index in [4.69, 9.17) is 4.74 Å². The quantitative estimate of drug-likeness (QED) is 0.801. The molecular formula is C21H26F3NO2. The minimum absolute atomic E-state index is 0.111. The summed E-state index contributed by atoms with van der Waals surface area (Å²) in [4.78, 5) is 2.28. The molecule has 3 atom stereocenters. The van der Waals surface area contributed by atoms with E-state index in [0.29, 0.717) is 12.3 Å². The number of alkyl halides is 3. The monoisotopic (exact) mass is 381 g/mol. The van der Waals surface area contributed by atoms with Crippen LogP contribution in [0.15, 0.2) is 42.0 Å². The van der Waals surface area contributed by atoms with Crippen LogP contribution in [-0.2, 0) is 6.42 Å². The average molecular weight is 381 g/mol. The lowest BCUT2D eigenvalue weighted by molar-refractivity contribution is -0.0895.